The molecule has 0 aliphatic rings. The van der Waals surface area contributed by atoms with Crippen LogP contribution in [0.25, 0.3) is 0 Å². The minimum absolute atomic E-state index is 0.00733. The van der Waals surface area contributed by atoms with Crippen LogP contribution in [-0.4, -0.2) is 81.9 Å². The Balaban J connectivity index is 4.40. The summed E-state index contributed by atoms with van der Waals surface area (Å²) in [6.07, 6.45) is 40.2. The maximum absolute atomic E-state index is 12.6. The van der Waals surface area contributed by atoms with Gasteiger partial charge in [0.1, 0.15) is 19.3 Å². The lowest BCUT2D eigenvalue weighted by Gasteiger charge is -2.28. The van der Waals surface area contributed by atoms with E-state index >= 15 is 0 Å². The highest BCUT2D eigenvalue weighted by molar-refractivity contribution is 7.45. The van der Waals surface area contributed by atoms with Crippen molar-refractivity contribution in [2.45, 2.75) is 174 Å². The van der Waals surface area contributed by atoms with Crippen LogP contribution in [0.1, 0.15) is 162 Å². The summed E-state index contributed by atoms with van der Waals surface area (Å²) < 4.78 is 34.4. The maximum atomic E-state index is 12.6. The average molecular weight is 784 g/mol. The molecule has 0 saturated heterocycles. The number of aliphatic hydroxyl groups excluding tert-OH is 1. The quantitative estimate of drug-likeness (QED) is 0.0164. The lowest BCUT2D eigenvalue weighted by Crippen LogP contribution is -2.37. The first-order chi connectivity index (χ1) is 26.0. The van der Waals surface area contributed by atoms with Gasteiger partial charge in [-0.15, -0.1) is 0 Å². The fourth-order valence-electron chi connectivity index (χ4n) is 5.59. The second kappa shape index (κ2) is 37.0. The number of unbranched alkanes of at least 4 members (excludes halogenated alkanes) is 16. The molecule has 0 spiro atoms. The number of ether oxygens (including phenoxy) is 2. The molecule has 10 heteroatoms. The third-order valence-corrected chi connectivity index (χ3v) is 9.95. The number of hydrogen-bond donors (Lipinski definition) is 1. The van der Waals surface area contributed by atoms with E-state index in [1.165, 1.54) is 77.0 Å². The first-order valence-corrected chi connectivity index (χ1v) is 22.9. The van der Waals surface area contributed by atoms with Gasteiger partial charge in [0, 0.05) is 13.0 Å². The van der Waals surface area contributed by atoms with Crippen molar-refractivity contribution >= 4 is 13.8 Å². The topological polar surface area (TPSA) is 114 Å². The summed E-state index contributed by atoms with van der Waals surface area (Å²) in [6, 6.07) is 0. The highest BCUT2D eigenvalue weighted by Gasteiger charge is 2.20. The average Bonchev–Trinajstić information content (AvgIpc) is 3.11. The zero-order valence-corrected chi connectivity index (χ0v) is 36.2. The highest BCUT2D eigenvalue weighted by atomic mass is 31.2. The van der Waals surface area contributed by atoms with Crippen molar-refractivity contribution in [2.24, 2.45) is 0 Å². The molecular formula is C44H82NO8P. The Hall–Kier alpha value is -1.58. The molecule has 0 aliphatic carbocycles. The fourth-order valence-corrected chi connectivity index (χ4v) is 6.32. The lowest BCUT2D eigenvalue weighted by atomic mass is 10.0. The van der Waals surface area contributed by atoms with Crippen LogP contribution >= 0.6 is 7.82 Å². The first-order valence-electron chi connectivity index (χ1n) is 21.5. The molecule has 0 aromatic rings. The molecule has 316 valence electrons. The summed E-state index contributed by atoms with van der Waals surface area (Å²) in [5.41, 5.74) is 0. The van der Waals surface area contributed by atoms with Crippen LogP contribution in [0.5, 0.6) is 0 Å². The molecule has 54 heavy (non-hydrogen) atoms. The van der Waals surface area contributed by atoms with Crippen LogP contribution < -0.4 is 4.89 Å². The van der Waals surface area contributed by atoms with E-state index in [9.17, 15) is 19.4 Å². The number of nitrogens with zero attached hydrogens (tertiary/aromatic N) is 1. The van der Waals surface area contributed by atoms with Crippen LogP contribution in [-0.2, 0) is 27.9 Å². The Labute approximate surface area is 331 Å². The van der Waals surface area contributed by atoms with Crippen LogP contribution in [0.3, 0.4) is 0 Å². The molecule has 0 aliphatic heterocycles. The van der Waals surface area contributed by atoms with E-state index in [1.54, 1.807) is 0 Å². The number of esters is 1. The Bertz CT molecular complexity index is 1020. The third kappa shape index (κ3) is 40.1. The van der Waals surface area contributed by atoms with Gasteiger partial charge in [-0.2, -0.15) is 0 Å². The molecule has 0 fully saturated rings. The van der Waals surface area contributed by atoms with Crippen molar-refractivity contribution < 1.29 is 42.4 Å². The molecule has 0 amide bonds. The predicted molar refractivity (Wildman–Crippen MR) is 223 cm³/mol. The van der Waals surface area contributed by atoms with Gasteiger partial charge < -0.3 is 33.0 Å². The molecule has 3 unspecified atom stereocenters. The van der Waals surface area contributed by atoms with Crippen molar-refractivity contribution in [3.05, 3.63) is 48.6 Å². The van der Waals surface area contributed by atoms with Crippen molar-refractivity contribution in [3.8, 4) is 0 Å². The summed E-state index contributed by atoms with van der Waals surface area (Å²) in [4.78, 5) is 25.0. The van der Waals surface area contributed by atoms with E-state index in [0.717, 1.165) is 57.8 Å². The normalized spacial score (nSPS) is 14.9. The minimum Gasteiger partial charge on any atom is -0.756 e. The summed E-state index contributed by atoms with van der Waals surface area (Å²) in [6.45, 7) is 5.19. The number of quaternary nitrogens is 1. The van der Waals surface area contributed by atoms with Gasteiger partial charge >= 0.3 is 5.97 Å². The zero-order valence-electron chi connectivity index (χ0n) is 35.3. The van der Waals surface area contributed by atoms with Crippen LogP contribution in [0.2, 0.25) is 0 Å². The Morgan fingerprint density at radius 1 is 0.685 bits per heavy atom. The van der Waals surface area contributed by atoms with Crippen molar-refractivity contribution in [2.75, 3.05) is 54.1 Å². The minimum atomic E-state index is -4.55. The Kier molecular flexibility index (Phi) is 35.9. The number of likely N-dealkylation sites (N-methyl/N-ethyl adjacent to an activating group) is 1. The first kappa shape index (κ1) is 52.4. The summed E-state index contributed by atoms with van der Waals surface area (Å²) >= 11 is 0. The SMILES string of the molecule is CCCCCCCCCCCCCCCCOCC(COP(=O)([O-])OCC[N+](C)(C)C)OC(=O)CCC/C=C\C/C=C\C/C=C\C=C\C(O)CCCCC. The second-order valence-corrected chi connectivity index (χ2v) is 17.0. The van der Waals surface area contributed by atoms with E-state index in [4.69, 9.17) is 18.5 Å². The zero-order chi connectivity index (χ0) is 40.0. The Morgan fingerprint density at radius 2 is 1.24 bits per heavy atom. The second-order valence-electron chi connectivity index (χ2n) is 15.6. The van der Waals surface area contributed by atoms with Crippen molar-refractivity contribution in [3.63, 3.8) is 0 Å². The molecule has 0 saturated carbocycles. The number of carbonyl (C=O) groups excluding carboxylic acids is 1. The molecule has 0 aromatic carbocycles. The van der Waals surface area contributed by atoms with Gasteiger partial charge in [-0.1, -0.05) is 165 Å². The van der Waals surface area contributed by atoms with Crippen LogP contribution in [0, 0.1) is 0 Å². The van der Waals surface area contributed by atoms with Gasteiger partial charge in [-0.3, -0.25) is 9.36 Å². The monoisotopic (exact) mass is 784 g/mol. The molecule has 0 aromatic heterocycles. The van der Waals surface area contributed by atoms with E-state index in [-0.39, 0.29) is 32.3 Å². The maximum Gasteiger partial charge on any atom is 0.306 e. The van der Waals surface area contributed by atoms with E-state index in [2.05, 4.69) is 44.2 Å². The standard InChI is InChI=1S/C44H82NO8P/c1-6-8-10-11-12-13-14-15-16-20-23-26-29-33-38-50-40-43(41-52-54(48,49)51-39-37-45(3,4)5)53-44(47)36-32-28-25-22-19-17-18-21-24-27-31-35-42(46)34-30-9-7-2/h17-18,22,24-25,27,31,35,42-43,46H,6-16,19-21,23,26,28-30,32-34,36-41H2,1-5H3/b18-17-,25-22-,27-24-,35-31+. The number of rotatable bonds is 39. The summed E-state index contributed by atoms with van der Waals surface area (Å²) in [5.74, 6) is -0.405. The smallest absolute Gasteiger partial charge is 0.306 e. The molecule has 0 bridgehead atoms. The molecule has 3 atom stereocenters. The molecule has 1 N–H and O–H groups in total. The van der Waals surface area contributed by atoms with E-state index < -0.39 is 19.9 Å². The van der Waals surface area contributed by atoms with Crippen LogP contribution in [0.4, 0.5) is 0 Å². The predicted octanol–water partition coefficient (Wildman–Crippen LogP) is 10.7. The number of hydrogen-bond acceptors (Lipinski definition) is 8. The molecule has 9 nitrogen and oxygen atoms in total. The van der Waals surface area contributed by atoms with E-state index in [0.29, 0.717) is 24.1 Å². The highest BCUT2D eigenvalue weighted by Crippen LogP contribution is 2.38. The summed E-state index contributed by atoms with van der Waals surface area (Å²) in [5, 5.41) is 9.90. The van der Waals surface area contributed by atoms with Gasteiger partial charge in [0.05, 0.1) is 40.5 Å². The number of allylic oxidation sites excluding steroid dienone is 7. The largest absolute Gasteiger partial charge is 0.756 e. The van der Waals surface area contributed by atoms with Gasteiger partial charge in [-0.05, 0) is 38.5 Å². The van der Waals surface area contributed by atoms with Gasteiger partial charge in [-0.25, -0.2) is 0 Å². The molecule has 0 heterocycles. The lowest BCUT2D eigenvalue weighted by molar-refractivity contribution is -0.870. The summed E-state index contributed by atoms with van der Waals surface area (Å²) in [7, 11) is 1.29. The van der Waals surface area contributed by atoms with E-state index in [1.807, 2.05) is 39.4 Å². The Morgan fingerprint density at radius 3 is 1.85 bits per heavy atom. The van der Waals surface area contributed by atoms with Crippen LogP contribution in [0.15, 0.2) is 48.6 Å². The number of phosphoric acid groups is 1. The van der Waals surface area contributed by atoms with Crippen molar-refractivity contribution in [1.82, 2.24) is 0 Å². The van der Waals surface area contributed by atoms with Gasteiger partial charge in [0.2, 0.25) is 0 Å². The molecule has 0 radical (unpaired) electrons. The third-order valence-electron chi connectivity index (χ3n) is 8.99. The number of aliphatic hydroxyl groups is 1. The number of carbonyl (C=O) groups is 1. The number of phosphoric ester groups is 1. The van der Waals surface area contributed by atoms with Gasteiger partial charge in [0.25, 0.3) is 7.82 Å². The molecule has 0 rings (SSSR count). The van der Waals surface area contributed by atoms with Crippen molar-refractivity contribution in [1.29, 1.82) is 0 Å². The molecular weight excluding hydrogens is 701 g/mol. The fraction of sp³-hybridized carbons (Fsp3) is 0.795. The van der Waals surface area contributed by atoms with Gasteiger partial charge in [0.15, 0.2) is 0 Å².